The van der Waals surface area contributed by atoms with Crippen LogP contribution in [0.3, 0.4) is 0 Å². The van der Waals surface area contributed by atoms with E-state index >= 15 is 0 Å². The Balaban J connectivity index is 1.70. The van der Waals surface area contributed by atoms with Gasteiger partial charge in [0.25, 0.3) is 0 Å². The third-order valence-electron chi connectivity index (χ3n) is 5.02. The number of rotatable bonds is 8. The van der Waals surface area contributed by atoms with Crippen molar-refractivity contribution in [3.8, 4) is 0 Å². The van der Waals surface area contributed by atoms with Crippen molar-refractivity contribution in [3.63, 3.8) is 0 Å². The summed E-state index contributed by atoms with van der Waals surface area (Å²) in [5.74, 6) is -0.937. The Labute approximate surface area is 175 Å². The number of para-hydroxylation sites is 2. The summed E-state index contributed by atoms with van der Waals surface area (Å²) in [6.07, 6.45) is 0. The largest absolute Gasteiger partial charge is 0.420 e. The van der Waals surface area contributed by atoms with Gasteiger partial charge < -0.3 is 9.73 Å². The number of carbonyl (C=O) groups excluding carboxylic acids is 1. The first-order valence-corrected chi connectivity index (χ1v) is 11.2. The van der Waals surface area contributed by atoms with Gasteiger partial charge in [-0.3, -0.25) is 9.36 Å². The summed E-state index contributed by atoms with van der Waals surface area (Å²) in [7, 11) is -3.52. The molecule has 1 unspecified atom stereocenters. The maximum atomic E-state index is 12.6. The lowest BCUT2D eigenvalue weighted by molar-refractivity contribution is -0.124. The van der Waals surface area contributed by atoms with Crippen molar-refractivity contribution in [2.24, 2.45) is 0 Å². The zero-order chi connectivity index (χ0) is 21.9. The minimum atomic E-state index is -3.52. The fourth-order valence-corrected chi connectivity index (χ4v) is 4.75. The highest BCUT2D eigenvalue weighted by molar-refractivity contribution is 7.89. The van der Waals surface area contributed by atoms with Crippen LogP contribution in [0.2, 0.25) is 0 Å². The zero-order valence-corrected chi connectivity index (χ0v) is 18.0. The van der Waals surface area contributed by atoms with Crippen LogP contribution in [-0.4, -0.2) is 36.3 Å². The maximum absolute atomic E-state index is 12.6. The molecule has 160 valence electrons. The minimum Gasteiger partial charge on any atom is -0.408 e. The van der Waals surface area contributed by atoms with Crippen molar-refractivity contribution in [1.82, 2.24) is 14.2 Å². The molecule has 0 spiro atoms. The van der Waals surface area contributed by atoms with E-state index in [9.17, 15) is 18.0 Å². The number of amides is 1. The van der Waals surface area contributed by atoms with E-state index in [1.54, 1.807) is 57.2 Å². The molecule has 30 heavy (non-hydrogen) atoms. The number of nitrogens with zero attached hydrogens (tertiary/aromatic N) is 2. The summed E-state index contributed by atoms with van der Waals surface area (Å²) >= 11 is 0. The summed E-state index contributed by atoms with van der Waals surface area (Å²) in [5.41, 5.74) is 1.72. The lowest BCUT2D eigenvalue weighted by Gasteiger charge is -2.18. The Morgan fingerprint density at radius 1 is 1.10 bits per heavy atom. The average Bonchev–Trinajstić information content (AvgIpc) is 3.08. The van der Waals surface area contributed by atoms with Gasteiger partial charge in [0.1, 0.15) is 6.04 Å². The predicted octanol–water partition coefficient (Wildman–Crippen LogP) is 2.50. The Morgan fingerprint density at radius 2 is 1.73 bits per heavy atom. The third kappa shape index (κ3) is 4.17. The van der Waals surface area contributed by atoms with Gasteiger partial charge in [-0.15, -0.1) is 0 Å². The zero-order valence-electron chi connectivity index (χ0n) is 17.2. The molecule has 9 heteroatoms. The number of nitrogens with one attached hydrogen (secondary N) is 1. The van der Waals surface area contributed by atoms with Gasteiger partial charge >= 0.3 is 5.76 Å². The van der Waals surface area contributed by atoms with Gasteiger partial charge in [-0.05, 0) is 36.8 Å². The van der Waals surface area contributed by atoms with E-state index in [1.807, 2.05) is 0 Å². The van der Waals surface area contributed by atoms with Crippen LogP contribution in [-0.2, 0) is 21.4 Å². The van der Waals surface area contributed by atoms with Gasteiger partial charge in [-0.2, -0.15) is 4.31 Å². The van der Waals surface area contributed by atoms with Crippen LogP contribution in [0, 0.1) is 0 Å². The molecule has 1 N–H and O–H groups in total. The van der Waals surface area contributed by atoms with Crippen molar-refractivity contribution >= 4 is 27.0 Å². The third-order valence-corrected chi connectivity index (χ3v) is 7.08. The van der Waals surface area contributed by atoms with Crippen molar-refractivity contribution in [2.45, 2.75) is 38.3 Å². The molecule has 2 aromatic carbocycles. The molecule has 1 heterocycles. The Hall–Kier alpha value is -2.91. The second-order valence-electron chi connectivity index (χ2n) is 6.83. The smallest absolute Gasteiger partial charge is 0.408 e. The van der Waals surface area contributed by atoms with Crippen molar-refractivity contribution in [2.75, 3.05) is 13.1 Å². The lowest BCUT2D eigenvalue weighted by atomic mass is 10.2. The Morgan fingerprint density at radius 3 is 2.37 bits per heavy atom. The van der Waals surface area contributed by atoms with Gasteiger partial charge in [-0.25, -0.2) is 13.2 Å². The van der Waals surface area contributed by atoms with E-state index in [2.05, 4.69) is 5.32 Å². The van der Waals surface area contributed by atoms with Gasteiger partial charge in [0.15, 0.2) is 5.58 Å². The van der Waals surface area contributed by atoms with E-state index in [0.29, 0.717) is 24.2 Å². The summed E-state index contributed by atoms with van der Waals surface area (Å²) in [6, 6.07) is 12.6. The number of oxazole rings is 1. The standard InChI is InChI=1S/C21H25N3O5S/c1-4-23(5-2)30(27,28)17-12-10-16(11-13-17)14-22-20(25)15(3)24-18-8-6-7-9-19(18)29-21(24)26/h6-13,15H,4-5,14H2,1-3H3,(H,22,25). The molecule has 3 rings (SSSR count). The van der Waals surface area contributed by atoms with Crippen LogP contribution in [0.25, 0.3) is 11.1 Å². The second kappa shape index (κ2) is 8.85. The van der Waals surface area contributed by atoms with E-state index in [-0.39, 0.29) is 17.3 Å². The summed E-state index contributed by atoms with van der Waals surface area (Å²) < 4.78 is 33.0. The van der Waals surface area contributed by atoms with Gasteiger partial charge in [0.05, 0.1) is 10.4 Å². The first kappa shape index (κ1) is 21.8. The first-order chi connectivity index (χ1) is 14.3. The van der Waals surface area contributed by atoms with Gasteiger partial charge in [-0.1, -0.05) is 38.1 Å². The van der Waals surface area contributed by atoms with Crippen LogP contribution >= 0.6 is 0 Å². The molecule has 1 amide bonds. The topological polar surface area (TPSA) is 102 Å². The van der Waals surface area contributed by atoms with Crippen LogP contribution in [0.5, 0.6) is 0 Å². The molecular formula is C21H25N3O5S. The number of carbonyl (C=O) groups is 1. The molecule has 0 aliphatic carbocycles. The second-order valence-corrected chi connectivity index (χ2v) is 8.77. The minimum absolute atomic E-state index is 0.208. The van der Waals surface area contributed by atoms with Gasteiger partial charge in [0, 0.05) is 19.6 Å². The highest BCUT2D eigenvalue weighted by Gasteiger charge is 2.22. The normalized spacial score (nSPS) is 12.9. The average molecular weight is 432 g/mol. The number of hydrogen-bond acceptors (Lipinski definition) is 5. The molecule has 1 aromatic heterocycles. The highest BCUT2D eigenvalue weighted by Crippen LogP contribution is 2.18. The molecular weight excluding hydrogens is 406 g/mol. The number of benzene rings is 2. The van der Waals surface area contributed by atoms with E-state index in [0.717, 1.165) is 5.56 Å². The molecule has 0 fully saturated rings. The maximum Gasteiger partial charge on any atom is 0.420 e. The van der Waals surface area contributed by atoms with E-state index in [4.69, 9.17) is 4.42 Å². The van der Waals surface area contributed by atoms with Crippen molar-refractivity contribution in [3.05, 3.63) is 64.6 Å². The Kier molecular flexibility index (Phi) is 6.42. The molecule has 0 saturated heterocycles. The van der Waals surface area contributed by atoms with Crippen LogP contribution in [0.4, 0.5) is 0 Å². The van der Waals surface area contributed by atoms with Crippen molar-refractivity contribution < 1.29 is 17.6 Å². The monoisotopic (exact) mass is 431 g/mol. The Bertz CT molecular complexity index is 1190. The summed E-state index contributed by atoms with van der Waals surface area (Å²) in [4.78, 5) is 25.0. The first-order valence-electron chi connectivity index (χ1n) is 9.76. The molecule has 0 aliphatic heterocycles. The predicted molar refractivity (Wildman–Crippen MR) is 114 cm³/mol. The molecule has 0 aliphatic rings. The highest BCUT2D eigenvalue weighted by atomic mass is 32.2. The van der Waals surface area contributed by atoms with Gasteiger partial charge in [0.2, 0.25) is 15.9 Å². The van der Waals surface area contributed by atoms with Crippen LogP contribution in [0.15, 0.2) is 62.6 Å². The van der Waals surface area contributed by atoms with E-state index in [1.165, 1.54) is 21.0 Å². The lowest BCUT2D eigenvalue weighted by Crippen LogP contribution is -2.34. The van der Waals surface area contributed by atoms with Crippen molar-refractivity contribution in [1.29, 1.82) is 0 Å². The number of sulfonamides is 1. The fourth-order valence-electron chi connectivity index (χ4n) is 3.30. The number of hydrogen-bond donors (Lipinski definition) is 1. The van der Waals surface area contributed by atoms with Crippen LogP contribution < -0.4 is 11.1 Å². The molecule has 1 atom stereocenters. The van der Waals surface area contributed by atoms with E-state index < -0.39 is 21.8 Å². The SMILES string of the molecule is CCN(CC)S(=O)(=O)c1ccc(CNC(=O)C(C)n2c(=O)oc3ccccc32)cc1. The molecule has 8 nitrogen and oxygen atoms in total. The fraction of sp³-hybridized carbons (Fsp3) is 0.333. The quantitative estimate of drug-likeness (QED) is 0.590. The molecule has 0 saturated carbocycles. The summed E-state index contributed by atoms with van der Waals surface area (Å²) in [5, 5.41) is 2.78. The number of fused-ring (bicyclic) bond motifs is 1. The van der Waals surface area contributed by atoms with Crippen LogP contribution in [0.1, 0.15) is 32.4 Å². The molecule has 3 aromatic rings. The summed E-state index contributed by atoms with van der Waals surface area (Å²) in [6.45, 7) is 6.21. The number of aromatic nitrogens is 1. The molecule has 0 bridgehead atoms. The molecule has 0 radical (unpaired) electrons.